The number of fused-ring (bicyclic) bond motifs is 1. The molecule has 0 spiro atoms. The van der Waals surface area contributed by atoms with Gasteiger partial charge in [0, 0.05) is 11.3 Å². The predicted octanol–water partition coefficient (Wildman–Crippen LogP) is 1.62. The van der Waals surface area contributed by atoms with Crippen molar-refractivity contribution in [3.05, 3.63) is 59.7 Å². The van der Waals surface area contributed by atoms with Crippen LogP contribution in [0, 0.1) is 0 Å². The van der Waals surface area contributed by atoms with Crippen molar-refractivity contribution in [2.45, 2.75) is 11.1 Å². The van der Waals surface area contributed by atoms with E-state index in [1.165, 1.54) is 12.1 Å². The fourth-order valence-corrected chi connectivity index (χ4v) is 2.66. The van der Waals surface area contributed by atoms with Crippen molar-refractivity contribution in [1.29, 1.82) is 0 Å². The van der Waals surface area contributed by atoms with Crippen LogP contribution in [0.15, 0.2) is 53.4 Å². The average Bonchev–Trinajstić information content (AvgIpc) is 2.76. The summed E-state index contributed by atoms with van der Waals surface area (Å²) in [4.78, 5) is 11.7. The third-order valence-corrected chi connectivity index (χ3v) is 4.10. The first-order valence-electron chi connectivity index (χ1n) is 6.14. The van der Waals surface area contributed by atoms with Gasteiger partial charge in [0.1, 0.15) is 0 Å². The van der Waals surface area contributed by atoms with Crippen LogP contribution in [0.1, 0.15) is 22.1 Å². The highest BCUT2D eigenvalue weighted by Crippen LogP contribution is 2.31. The molecule has 0 aromatic heterocycles. The molecule has 6 nitrogen and oxygen atoms in total. The molecular formula is C14H12N2O4S. The van der Waals surface area contributed by atoms with Gasteiger partial charge in [0.05, 0.1) is 10.5 Å². The van der Waals surface area contributed by atoms with Crippen molar-refractivity contribution in [3.8, 4) is 0 Å². The van der Waals surface area contributed by atoms with Gasteiger partial charge in [0.25, 0.3) is 0 Å². The summed E-state index contributed by atoms with van der Waals surface area (Å²) >= 11 is 0. The molecule has 7 heteroatoms. The van der Waals surface area contributed by atoms with E-state index in [1.807, 2.05) is 6.07 Å². The molecule has 0 aliphatic carbocycles. The summed E-state index contributed by atoms with van der Waals surface area (Å²) in [6.45, 7) is 0. The van der Waals surface area contributed by atoms with Crippen molar-refractivity contribution in [2.75, 3.05) is 5.32 Å². The maximum atomic E-state index is 11.7. The smallest absolute Gasteiger partial charge is 0.340 e. The van der Waals surface area contributed by atoms with Crippen LogP contribution in [0.2, 0.25) is 0 Å². The third kappa shape index (κ3) is 2.61. The van der Waals surface area contributed by atoms with E-state index in [0.717, 1.165) is 5.56 Å². The number of hydrogen-bond acceptors (Lipinski definition) is 5. The van der Waals surface area contributed by atoms with Gasteiger partial charge in [-0.1, -0.05) is 18.2 Å². The minimum Gasteiger partial charge on any atom is -0.434 e. The Hall–Kier alpha value is -2.38. The number of carbonyl (C=O) groups is 1. The minimum atomic E-state index is -3.72. The number of nitrogens with two attached hydrogens (primary N) is 1. The second kappa shape index (κ2) is 4.87. The van der Waals surface area contributed by atoms with Crippen molar-refractivity contribution >= 4 is 21.7 Å². The van der Waals surface area contributed by atoms with E-state index >= 15 is 0 Å². The second-order valence-corrected chi connectivity index (χ2v) is 6.15. The SMILES string of the molecule is NS(=O)(=O)c1ccc(N[C@H]2OC(=O)c3ccccc32)cc1. The topological polar surface area (TPSA) is 98.5 Å². The highest BCUT2D eigenvalue weighted by Gasteiger charge is 2.30. The van der Waals surface area contributed by atoms with Crippen molar-refractivity contribution in [1.82, 2.24) is 0 Å². The second-order valence-electron chi connectivity index (χ2n) is 4.59. The number of carbonyl (C=O) groups excluding carboxylic acids is 1. The van der Waals surface area contributed by atoms with E-state index in [4.69, 9.17) is 9.88 Å². The number of cyclic esters (lactones) is 1. The summed E-state index contributed by atoms with van der Waals surface area (Å²) in [6.07, 6.45) is -0.589. The Morgan fingerprint density at radius 3 is 2.38 bits per heavy atom. The van der Waals surface area contributed by atoms with Crippen molar-refractivity contribution in [3.63, 3.8) is 0 Å². The van der Waals surface area contributed by atoms with Crippen LogP contribution in [0.25, 0.3) is 0 Å². The molecule has 2 aromatic rings. The monoisotopic (exact) mass is 304 g/mol. The molecular weight excluding hydrogens is 292 g/mol. The Balaban J connectivity index is 1.84. The third-order valence-electron chi connectivity index (χ3n) is 3.17. The van der Waals surface area contributed by atoms with Crippen molar-refractivity contribution < 1.29 is 17.9 Å². The zero-order valence-electron chi connectivity index (χ0n) is 10.8. The van der Waals surface area contributed by atoms with Gasteiger partial charge in [-0.3, -0.25) is 0 Å². The van der Waals surface area contributed by atoms with Gasteiger partial charge in [-0.05, 0) is 30.3 Å². The number of nitrogens with one attached hydrogen (secondary N) is 1. The highest BCUT2D eigenvalue weighted by molar-refractivity contribution is 7.89. The van der Waals surface area contributed by atoms with E-state index in [-0.39, 0.29) is 10.9 Å². The highest BCUT2D eigenvalue weighted by atomic mass is 32.2. The van der Waals surface area contributed by atoms with E-state index in [2.05, 4.69) is 5.32 Å². The zero-order chi connectivity index (χ0) is 15.0. The quantitative estimate of drug-likeness (QED) is 0.839. The summed E-state index contributed by atoms with van der Waals surface area (Å²) in [5, 5.41) is 8.06. The molecule has 0 saturated heterocycles. The fraction of sp³-hybridized carbons (Fsp3) is 0.0714. The molecule has 1 aliphatic heterocycles. The first-order chi connectivity index (χ1) is 9.95. The van der Waals surface area contributed by atoms with Crippen LogP contribution < -0.4 is 10.5 Å². The van der Waals surface area contributed by atoms with E-state index in [0.29, 0.717) is 11.3 Å². The normalized spacial score (nSPS) is 17.2. The Kier molecular flexibility index (Phi) is 3.15. The van der Waals surface area contributed by atoms with Gasteiger partial charge >= 0.3 is 5.97 Å². The lowest BCUT2D eigenvalue weighted by atomic mass is 10.1. The van der Waals surface area contributed by atoms with E-state index in [9.17, 15) is 13.2 Å². The molecule has 0 fully saturated rings. The molecule has 0 radical (unpaired) electrons. The Morgan fingerprint density at radius 1 is 1.05 bits per heavy atom. The molecule has 3 N–H and O–H groups in total. The number of ether oxygens (including phenoxy) is 1. The number of benzene rings is 2. The molecule has 1 heterocycles. The van der Waals surface area contributed by atoms with Gasteiger partial charge in [-0.15, -0.1) is 0 Å². The van der Waals surface area contributed by atoms with Gasteiger partial charge < -0.3 is 10.1 Å². The number of sulfonamides is 1. The number of hydrogen-bond donors (Lipinski definition) is 2. The predicted molar refractivity (Wildman–Crippen MR) is 76.0 cm³/mol. The Labute approximate surface area is 121 Å². The first kappa shape index (κ1) is 13.6. The van der Waals surface area contributed by atoms with E-state index in [1.54, 1.807) is 30.3 Å². The Bertz CT molecular complexity index is 800. The van der Waals surface area contributed by atoms with Gasteiger partial charge in [0.2, 0.25) is 16.3 Å². The van der Waals surface area contributed by atoms with E-state index < -0.39 is 16.3 Å². The maximum Gasteiger partial charge on any atom is 0.340 e. The molecule has 1 aliphatic rings. The minimum absolute atomic E-state index is 0.0249. The molecule has 3 rings (SSSR count). The largest absolute Gasteiger partial charge is 0.434 e. The lowest BCUT2D eigenvalue weighted by molar-refractivity contribution is 0.0437. The maximum absolute atomic E-state index is 11.7. The van der Waals surface area contributed by atoms with Crippen LogP contribution in [0.5, 0.6) is 0 Å². The summed E-state index contributed by atoms with van der Waals surface area (Å²) in [5.74, 6) is -0.385. The number of anilines is 1. The number of primary sulfonamides is 1. The molecule has 0 bridgehead atoms. The molecule has 1 atom stereocenters. The number of esters is 1. The molecule has 2 aromatic carbocycles. The van der Waals surface area contributed by atoms with Crippen LogP contribution >= 0.6 is 0 Å². The summed E-state index contributed by atoms with van der Waals surface area (Å²) in [5.41, 5.74) is 1.89. The number of rotatable bonds is 3. The average molecular weight is 304 g/mol. The van der Waals surface area contributed by atoms with Crippen LogP contribution in [-0.4, -0.2) is 14.4 Å². The van der Waals surface area contributed by atoms with Gasteiger partial charge in [-0.2, -0.15) is 0 Å². The molecule has 0 unspecified atom stereocenters. The van der Waals surface area contributed by atoms with Gasteiger partial charge in [0.15, 0.2) is 0 Å². The Morgan fingerprint density at radius 2 is 1.71 bits per heavy atom. The standard InChI is InChI=1S/C14H12N2O4S/c15-21(18,19)10-7-5-9(6-8-10)16-13-11-3-1-2-4-12(11)14(17)20-13/h1-8,13,16H,(H2,15,18,19)/t13-/m0/s1. The first-order valence-corrected chi connectivity index (χ1v) is 7.69. The summed E-state index contributed by atoms with van der Waals surface area (Å²) in [7, 11) is -3.72. The zero-order valence-corrected chi connectivity index (χ0v) is 11.6. The lowest BCUT2D eigenvalue weighted by Gasteiger charge is -2.14. The van der Waals surface area contributed by atoms with Crippen LogP contribution in [0.3, 0.4) is 0 Å². The van der Waals surface area contributed by atoms with Crippen LogP contribution in [0.4, 0.5) is 5.69 Å². The summed E-state index contributed by atoms with van der Waals surface area (Å²) < 4.78 is 27.6. The van der Waals surface area contributed by atoms with Crippen molar-refractivity contribution in [2.24, 2.45) is 5.14 Å². The summed E-state index contributed by atoms with van der Waals surface area (Å²) in [6, 6.07) is 13.0. The van der Waals surface area contributed by atoms with Crippen LogP contribution in [-0.2, 0) is 14.8 Å². The lowest BCUT2D eigenvalue weighted by Crippen LogP contribution is -2.13. The molecule has 0 saturated carbocycles. The molecule has 0 amide bonds. The molecule has 108 valence electrons. The van der Waals surface area contributed by atoms with Gasteiger partial charge in [-0.25, -0.2) is 18.4 Å². The molecule has 21 heavy (non-hydrogen) atoms. The fourth-order valence-electron chi connectivity index (χ4n) is 2.14.